The van der Waals surface area contributed by atoms with Gasteiger partial charge in [-0.3, -0.25) is 4.98 Å². The Kier molecular flexibility index (Phi) is 4.10. The van der Waals surface area contributed by atoms with Crippen molar-refractivity contribution in [1.29, 1.82) is 0 Å². The second kappa shape index (κ2) is 6.35. The predicted octanol–water partition coefficient (Wildman–Crippen LogP) is 4.61. The number of benzene rings is 2. The van der Waals surface area contributed by atoms with E-state index in [1.54, 1.807) is 12.3 Å². The van der Waals surface area contributed by atoms with Gasteiger partial charge in [-0.15, -0.1) is 0 Å². The van der Waals surface area contributed by atoms with Crippen molar-refractivity contribution in [3.8, 4) is 16.9 Å². The first kappa shape index (κ1) is 14.2. The Morgan fingerprint density at radius 1 is 0.909 bits per heavy atom. The summed E-state index contributed by atoms with van der Waals surface area (Å²) in [5, 5.41) is 0. The highest BCUT2D eigenvalue weighted by molar-refractivity contribution is 5.63. The molecular formula is C18H13F2NO. The van der Waals surface area contributed by atoms with Crippen LogP contribution < -0.4 is 4.74 Å². The SMILES string of the molecule is Fc1cccc(-c2cncc(COc3ccccc3)c2)c1F. The van der Waals surface area contributed by atoms with Gasteiger partial charge in [0.2, 0.25) is 0 Å². The summed E-state index contributed by atoms with van der Waals surface area (Å²) in [6.45, 7) is 0.307. The first-order chi connectivity index (χ1) is 10.7. The number of halogens is 2. The van der Waals surface area contributed by atoms with Crippen molar-refractivity contribution >= 4 is 0 Å². The van der Waals surface area contributed by atoms with Gasteiger partial charge in [-0.2, -0.15) is 0 Å². The van der Waals surface area contributed by atoms with Gasteiger partial charge in [-0.1, -0.05) is 30.3 Å². The van der Waals surface area contributed by atoms with Crippen LogP contribution in [0, 0.1) is 11.6 Å². The van der Waals surface area contributed by atoms with E-state index in [-0.39, 0.29) is 5.56 Å². The standard InChI is InChI=1S/C18H13F2NO/c19-17-8-4-7-16(18(17)20)14-9-13(10-21-11-14)12-22-15-5-2-1-3-6-15/h1-11H,12H2. The number of ether oxygens (including phenoxy) is 1. The van der Waals surface area contributed by atoms with E-state index >= 15 is 0 Å². The van der Waals surface area contributed by atoms with Gasteiger partial charge in [0.15, 0.2) is 11.6 Å². The maximum absolute atomic E-state index is 13.8. The van der Waals surface area contributed by atoms with Gasteiger partial charge in [0.1, 0.15) is 12.4 Å². The monoisotopic (exact) mass is 297 g/mol. The smallest absolute Gasteiger partial charge is 0.166 e. The van der Waals surface area contributed by atoms with Crippen molar-refractivity contribution in [1.82, 2.24) is 4.98 Å². The minimum absolute atomic E-state index is 0.189. The van der Waals surface area contributed by atoms with Gasteiger partial charge in [0, 0.05) is 29.1 Å². The highest BCUT2D eigenvalue weighted by Crippen LogP contribution is 2.24. The molecule has 0 saturated heterocycles. The van der Waals surface area contributed by atoms with E-state index < -0.39 is 11.6 Å². The molecule has 3 rings (SSSR count). The Hall–Kier alpha value is -2.75. The molecule has 0 N–H and O–H groups in total. The first-order valence-electron chi connectivity index (χ1n) is 6.80. The molecule has 0 saturated carbocycles. The Balaban J connectivity index is 1.82. The first-order valence-corrected chi connectivity index (χ1v) is 6.80. The largest absolute Gasteiger partial charge is 0.489 e. The van der Waals surface area contributed by atoms with Crippen molar-refractivity contribution in [2.75, 3.05) is 0 Å². The molecule has 2 nitrogen and oxygen atoms in total. The van der Waals surface area contributed by atoms with Crippen molar-refractivity contribution in [2.45, 2.75) is 6.61 Å². The van der Waals surface area contributed by atoms with Crippen LogP contribution in [0.4, 0.5) is 8.78 Å². The molecule has 0 aliphatic rings. The zero-order chi connectivity index (χ0) is 15.4. The molecule has 1 aromatic heterocycles. The van der Waals surface area contributed by atoms with Gasteiger partial charge in [0.25, 0.3) is 0 Å². The van der Waals surface area contributed by atoms with E-state index in [9.17, 15) is 8.78 Å². The average Bonchev–Trinajstić information content (AvgIpc) is 2.57. The van der Waals surface area contributed by atoms with E-state index in [0.29, 0.717) is 12.2 Å². The number of hydrogen-bond donors (Lipinski definition) is 0. The second-order valence-corrected chi connectivity index (χ2v) is 4.78. The molecule has 0 unspecified atom stereocenters. The topological polar surface area (TPSA) is 22.1 Å². The summed E-state index contributed by atoms with van der Waals surface area (Å²) in [6.07, 6.45) is 3.15. The minimum atomic E-state index is -0.872. The molecule has 0 aliphatic heterocycles. The van der Waals surface area contributed by atoms with E-state index in [1.807, 2.05) is 30.3 Å². The van der Waals surface area contributed by atoms with Crippen LogP contribution in [0.15, 0.2) is 67.0 Å². The van der Waals surface area contributed by atoms with Crippen LogP contribution in [0.3, 0.4) is 0 Å². The lowest BCUT2D eigenvalue weighted by Crippen LogP contribution is -1.97. The number of para-hydroxylation sites is 1. The molecule has 22 heavy (non-hydrogen) atoms. The van der Waals surface area contributed by atoms with Gasteiger partial charge < -0.3 is 4.74 Å². The van der Waals surface area contributed by atoms with E-state index in [4.69, 9.17) is 4.74 Å². The fourth-order valence-corrected chi connectivity index (χ4v) is 2.12. The number of nitrogens with zero attached hydrogens (tertiary/aromatic N) is 1. The summed E-state index contributed by atoms with van der Waals surface area (Å²) in [6, 6.07) is 15.2. The lowest BCUT2D eigenvalue weighted by Gasteiger charge is -2.08. The van der Waals surface area contributed by atoms with Gasteiger partial charge >= 0.3 is 0 Å². The lowest BCUT2D eigenvalue weighted by atomic mass is 10.1. The molecule has 0 fully saturated rings. The molecule has 0 bridgehead atoms. The molecule has 0 atom stereocenters. The van der Waals surface area contributed by atoms with Crippen LogP contribution >= 0.6 is 0 Å². The molecule has 0 spiro atoms. The molecule has 1 heterocycles. The van der Waals surface area contributed by atoms with Crippen molar-refractivity contribution < 1.29 is 13.5 Å². The van der Waals surface area contributed by atoms with Gasteiger partial charge in [-0.05, 0) is 24.3 Å². The summed E-state index contributed by atoms with van der Waals surface area (Å²) in [4.78, 5) is 4.07. The van der Waals surface area contributed by atoms with Gasteiger partial charge in [0.05, 0.1) is 0 Å². The molecule has 2 aromatic carbocycles. The maximum Gasteiger partial charge on any atom is 0.166 e. The van der Waals surface area contributed by atoms with Crippen molar-refractivity contribution in [2.24, 2.45) is 0 Å². The van der Waals surface area contributed by atoms with E-state index in [0.717, 1.165) is 17.4 Å². The molecule has 0 amide bonds. The zero-order valence-electron chi connectivity index (χ0n) is 11.7. The van der Waals surface area contributed by atoms with Crippen LogP contribution in [0.1, 0.15) is 5.56 Å². The molecule has 4 heteroatoms. The number of hydrogen-bond acceptors (Lipinski definition) is 2. The summed E-state index contributed by atoms with van der Waals surface area (Å²) < 4.78 is 32.8. The second-order valence-electron chi connectivity index (χ2n) is 4.78. The minimum Gasteiger partial charge on any atom is -0.489 e. The Bertz CT molecular complexity index is 775. The van der Waals surface area contributed by atoms with Gasteiger partial charge in [-0.25, -0.2) is 8.78 Å². The third-order valence-corrected chi connectivity index (χ3v) is 3.21. The Labute approximate surface area is 127 Å². The quantitative estimate of drug-likeness (QED) is 0.702. The third kappa shape index (κ3) is 3.11. The average molecular weight is 297 g/mol. The molecule has 0 aliphatic carbocycles. The molecule has 0 radical (unpaired) electrons. The molecule has 110 valence electrons. The third-order valence-electron chi connectivity index (χ3n) is 3.21. The highest BCUT2D eigenvalue weighted by Gasteiger charge is 2.10. The number of pyridine rings is 1. The predicted molar refractivity (Wildman–Crippen MR) is 80.4 cm³/mol. The van der Waals surface area contributed by atoms with Crippen molar-refractivity contribution in [3.05, 3.63) is 84.2 Å². The summed E-state index contributed by atoms with van der Waals surface area (Å²) in [7, 11) is 0. The number of aromatic nitrogens is 1. The van der Waals surface area contributed by atoms with Crippen LogP contribution in [-0.4, -0.2) is 4.98 Å². The summed E-state index contributed by atoms with van der Waals surface area (Å²) in [5.74, 6) is -1.00. The molecule has 3 aromatic rings. The van der Waals surface area contributed by atoms with E-state index in [1.165, 1.54) is 18.3 Å². The summed E-state index contributed by atoms with van der Waals surface area (Å²) >= 11 is 0. The number of rotatable bonds is 4. The van der Waals surface area contributed by atoms with Crippen molar-refractivity contribution in [3.63, 3.8) is 0 Å². The lowest BCUT2D eigenvalue weighted by molar-refractivity contribution is 0.306. The molecular weight excluding hydrogens is 284 g/mol. The van der Waals surface area contributed by atoms with E-state index in [2.05, 4.69) is 4.98 Å². The van der Waals surface area contributed by atoms with Crippen LogP contribution in [0.2, 0.25) is 0 Å². The maximum atomic E-state index is 13.8. The highest BCUT2D eigenvalue weighted by atomic mass is 19.2. The fourth-order valence-electron chi connectivity index (χ4n) is 2.12. The normalized spacial score (nSPS) is 10.5. The fraction of sp³-hybridized carbons (Fsp3) is 0.0556. The summed E-state index contributed by atoms with van der Waals surface area (Å²) in [5.41, 5.74) is 1.49. The zero-order valence-corrected chi connectivity index (χ0v) is 11.7. The Morgan fingerprint density at radius 3 is 2.55 bits per heavy atom. The van der Waals surface area contributed by atoms with Crippen LogP contribution in [-0.2, 0) is 6.61 Å². The van der Waals surface area contributed by atoms with Crippen LogP contribution in [0.25, 0.3) is 11.1 Å². The van der Waals surface area contributed by atoms with Crippen LogP contribution in [0.5, 0.6) is 5.75 Å². The Morgan fingerprint density at radius 2 is 1.73 bits per heavy atom.